The van der Waals surface area contributed by atoms with E-state index in [1.807, 2.05) is 30.3 Å². The summed E-state index contributed by atoms with van der Waals surface area (Å²) in [5.74, 6) is 0.893. The number of rotatable bonds is 7. The second kappa shape index (κ2) is 8.08. The number of benzene rings is 2. The molecule has 0 unspecified atom stereocenters. The van der Waals surface area contributed by atoms with Crippen molar-refractivity contribution in [1.82, 2.24) is 5.32 Å². The lowest BCUT2D eigenvalue weighted by atomic mass is 10.2. The summed E-state index contributed by atoms with van der Waals surface area (Å²) in [6, 6.07) is 16.4. The largest absolute Gasteiger partial charge is 0.488 e. The quantitative estimate of drug-likeness (QED) is 0.751. The van der Waals surface area contributed by atoms with E-state index in [-0.39, 0.29) is 0 Å². The fraction of sp³-hybridized carbons (Fsp3) is 0.294. The first kappa shape index (κ1) is 15.1. The van der Waals surface area contributed by atoms with Gasteiger partial charge in [-0.25, -0.2) is 0 Å². The number of halogens is 1. The molecule has 0 aromatic heterocycles. The molecule has 0 heterocycles. The lowest BCUT2D eigenvalue weighted by molar-refractivity contribution is 0.304. The molecule has 0 bridgehead atoms. The Labute approximate surface area is 129 Å². The van der Waals surface area contributed by atoms with E-state index in [1.54, 1.807) is 0 Å². The van der Waals surface area contributed by atoms with Crippen molar-refractivity contribution in [2.24, 2.45) is 0 Å². The van der Waals surface area contributed by atoms with Crippen molar-refractivity contribution in [3.63, 3.8) is 0 Å². The van der Waals surface area contributed by atoms with E-state index in [0.29, 0.717) is 6.61 Å². The summed E-state index contributed by atoms with van der Waals surface area (Å²) < 4.78 is 6.94. The second-order valence-electron chi connectivity index (χ2n) is 4.68. The van der Waals surface area contributed by atoms with Crippen molar-refractivity contribution in [3.8, 4) is 5.75 Å². The summed E-state index contributed by atoms with van der Waals surface area (Å²) in [6.45, 7) is 4.64. The molecule has 0 radical (unpaired) electrons. The van der Waals surface area contributed by atoms with Crippen LogP contribution < -0.4 is 10.1 Å². The predicted octanol–water partition coefficient (Wildman–Crippen LogP) is 4.53. The maximum Gasteiger partial charge on any atom is 0.134 e. The highest BCUT2D eigenvalue weighted by molar-refractivity contribution is 9.10. The molecular weight excluding hydrogens is 314 g/mol. The van der Waals surface area contributed by atoms with Gasteiger partial charge in [-0.1, -0.05) is 49.4 Å². The van der Waals surface area contributed by atoms with Crippen LogP contribution in [0.2, 0.25) is 0 Å². The third-order valence-electron chi connectivity index (χ3n) is 3.02. The van der Waals surface area contributed by atoms with Crippen LogP contribution in [0, 0.1) is 0 Å². The van der Waals surface area contributed by atoms with Gasteiger partial charge in [-0.15, -0.1) is 0 Å². The monoisotopic (exact) mass is 333 g/mol. The van der Waals surface area contributed by atoms with Crippen LogP contribution in [0.15, 0.2) is 53.0 Å². The molecule has 1 N–H and O–H groups in total. The van der Waals surface area contributed by atoms with Gasteiger partial charge in [0.1, 0.15) is 12.4 Å². The van der Waals surface area contributed by atoms with E-state index >= 15 is 0 Å². The molecule has 0 aliphatic carbocycles. The van der Waals surface area contributed by atoms with Crippen LogP contribution in [0.25, 0.3) is 0 Å². The number of ether oxygens (including phenoxy) is 1. The molecule has 106 valence electrons. The molecule has 0 saturated heterocycles. The van der Waals surface area contributed by atoms with E-state index in [2.05, 4.69) is 46.4 Å². The van der Waals surface area contributed by atoms with Gasteiger partial charge in [0.15, 0.2) is 0 Å². The minimum absolute atomic E-state index is 0.589. The van der Waals surface area contributed by atoms with Gasteiger partial charge in [-0.3, -0.25) is 0 Å². The van der Waals surface area contributed by atoms with Crippen LogP contribution in [-0.4, -0.2) is 6.54 Å². The maximum absolute atomic E-state index is 5.90. The third kappa shape index (κ3) is 4.36. The molecule has 0 aliphatic heterocycles. The molecule has 0 saturated carbocycles. The Morgan fingerprint density at radius 3 is 2.60 bits per heavy atom. The summed E-state index contributed by atoms with van der Waals surface area (Å²) in [7, 11) is 0. The van der Waals surface area contributed by atoms with Gasteiger partial charge in [-0.05, 0) is 46.1 Å². The molecule has 20 heavy (non-hydrogen) atoms. The Bertz CT molecular complexity index is 528. The van der Waals surface area contributed by atoms with Crippen LogP contribution in [0.1, 0.15) is 24.5 Å². The summed E-state index contributed by atoms with van der Waals surface area (Å²) in [5.41, 5.74) is 2.40. The molecule has 0 amide bonds. The van der Waals surface area contributed by atoms with E-state index < -0.39 is 0 Å². The van der Waals surface area contributed by atoms with Gasteiger partial charge < -0.3 is 10.1 Å². The number of hydrogen-bond acceptors (Lipinski definition) is 2. The number of hydrogen-bond donors (Lipinski definition) is 1. The van der Waals surface area contributed by atoms with Crippen LogP contribution in [0.4, 0.5) is 0 Å². The van der Waals surface area contributed by atoms with Crippen LogP contribution in [0.5, 0.6) is 5.75 Å². The fourth-order valence-corrected chi connectivity index (χ4v) is 2.46. The topological polar surface area (TPSA) is 21.3 Å². The SMILES string of the molecule is CCCNCc1cccc(OCc2ccccc2)c1Br. The summed E-state index contributed by atoms with van der Waals surface area (Å²) >= 11 is 3.64. The molecule has 0 aliphatic rings. The van der Waals surface area contributed by atoms with Crippen LogP contribution >= 0.6 is 15.9 Å². The summed E-state index contributed by atoms with van der Waals surface area (Å²) in [4.78, 5) is 0. The Morgan fingerprint density at radius 1 is 1.05 bits per heavy atom. The third-order valence-corrected chi connectivity index (χ3v) is 3.92. The summed E-state index contributed by atoms with van der Waals surface area (Å²) in [6.07, 6.45) is 1.14. The first-order chi connectivity index (χ1) is 9.81. The first-order valence-corrected chi connectivity index (χ1v) is 7.75. The van der Waals surface area contributed by atoms with Crippen LogP contribution in [0.3, 0.4) is 0 Å². The molecule has 3 heteroatoms. The average molecular weight is 334 g/mol. The molecule has 2 aromatic carbocycles. The Morgan fingerprint density at radius 2 is 1.85 bits per heavy atom. The Hall–Kier alpha value is -1.32. The van der Waals surface area contributed by atoms with Gasteiger partial charge in [-0.2, -0.15) is 0 Å². The van der Waals surface area contributed by atoms with Gasteiger partial charge in [0.2, 0.25) is 0 Å². The van der Waals surface area contributed by atoms with Crippen molar-refractivity contribution >= 4 is 15.9 Å². The minimum atomic E-state index is 0.589. The van der Waals surface area contributed by atoms with Crippen molar-refractivity contribution in [2.45, 2.75) is 26.5 Å². The summed E-state index contributed by atoms with van der Waals surface area (Å²) in [5, 5.41) is 3.41. The van der Waals surface area contributed by atoms with Crippen molar-refractivity contribution in [2.75, 3.05) is 6.54 Å². The van der Waals surface area contributed by atoms with Gasteiger partial charge in [0.05, 0.1) is 4.47 Å². The van der Waals surface area contributed by atoms with E-state index in [4.69, 9.17) is 4.74 Å². The average Bonchev–Trinajstić information content (AvgIpc) is 2.49. The zero-order valence-electron chi connectivity index (χ0n) is 11.7. The van der Waals surface area contributed by atoms with Crippen molar-refractivity contribution in [1.29, 1.82) is 0 Å². The van der Waals surface area contributed by atoms with Crippen molar-refractivity contribution < 1.29 is 4.74 Å². The normalized spacial score (nSPS) is 10.5. The zero-order chi connectivity index (χ0) is 14.2. The standard InChI is InChI=1S/C17H20BrNO/c1-2-11-19-12-15-9-6-10-16(17(15)18)20-13-14-7-4-3-5-8-14/h3-10,19H,2,11-13H2,1H3. The van der Waals surface area contributed by atoms with Crippen molar-refractivity contribution in [3.05, 3.63) is 64.1 Å². The second-order valence-corrected chi connectivity index (χ2v) is 5.47. The first-order valence-electron chi connectivity index (χ1n) is 6.96. The minimum Gasteiger partial charge on any atom is -0.488 e. The maximum atomic E-state index is 5.90. The lowest BCUT2D eigenvalue weighted by Gasteiger charge is -2.12. The molecular formula is C17H20BrNO. The van der Waals surface area contributed by atoms with Crippen LogP contribution in [-0.2, 0) is 13.2 Å². The van der Waals surface area contributed by atoms with Gasteiger partial charge >= 0.3 is 0 Å². The predicted molar refractivity (Wildman–Crippen MR) is 86.9 cm³/mol. The molecule has 2 aromatic rings. The Kier molecular flexibility index (Phi) is 6.09. The van der Waals surface area contributed by atoms with E-state index in [0.717, 1.165) is 29.7 Å². The van der Waals surface area contributed by atoms with Gasteiger partial charge in [0.25, 0.3) is 0 Å². The molecule has 0 fully saturated rings. The zero-order valence-corrected chi connectivity index (χ0v) is 13.3. The lowest BCUT2D eigenvalue weighted by Crippen LogP contribution is -2.14. The van der Waals surface area contributed by atoms with Gasteiger partial charge in [0, 0.05) is 6.54 Å². The molecule has 2 nitrogen and oxygen atoms in total. The highest BCUT2D eigenvalue weighted by Gasteiger charge is 2.06. The highest BCUT2D eigenvalue weighted by Crippen LogP contribution is 2.29. The van der Waals surface area contributed by atoms with E-state index in [9.17, 15) is 0 Å². The molecule has 0 spiro atoms. The highest BCUT2D eigenvalue weighted by atomic mass is 79.9. The number of nitrogens with one attached hydrogen (secondary N) is 1. The molecule has 0 atom stereocenters. The smallest absolute Gasteiger partial charge is 0.134 e. The Balaban J connectivity index is 1.99. The van der Waals surface area contributed by atoms with E-state index in [1.165, 1.54) is 11.1 Å². The molecule has 2 rings (SSSR count). The fourth-order valence-electron chi connectivity index (χ4n) is 1.94.